The average molecular weight is 373 g/mol. The molecule has 1 aromatic carbocycles. The number of hydrogen-bond donors (Lipinski definition) is 2. The molecule has 2 N–H and O–H groups in total. The van der Waals surface area contributed by atoms with Gasteiger partial charge in [-0.3, -0.25) is 4.79 Å². The highest BCUT2D eigenvalue weighted by molar-refractivity contribution is 9.10. The predicted octanol–water partition coefficient (Wildman–Crippen LogP) is 4.32. The van der Waals surface area contributed by atoms with Gasteiger partial charge in [-0.25, -0.2) is 9.37 Å². The number of rotatable bonds is 4. The molecule has 0 aliphatic heterocycles. The van der Waals surface area contributed by atoms with Crippen molar-refractivity contribution in [3.05, 3.63) is 51.3 Å². The molecule has 0 fully saturated rings. The Bertz CT molecular complexity index is 681. The summed E-state index contributed by atoms with van der Waals surface area (Å²) >= 11 is 9.12. The second kappa shape index (κ2) is 6.87. The molecule has 1 amide bonds. The smallest absolute Gasteiger partial charge is 0.275 e. The van der Waals surface area contributed by atoms with Gasteiger partial charge in [0.1, 0.15) is 17.3 Å². The van der Waals surface area contributed by atoms with E-state index < -0.39 is 11.7 Å². The topological polar surface area (TPSA) is 54.0 Å². The van der Waals surface area contributed by atoms with Gasteiger partial charge in [0, 0.05) is 11.0 Å². The van der Waals surface area contributed by atoms with Gasteiger partial charge in [0.2, 0.25) is 0 Å². The molecule has 0 saturated carbocycles. The Morgan fingerprint density at radius 1 is 1.38 bits per heavy atom. The van der Waals surface area contributed by atoms with Gasteiger partial charge < -0.3 is 10.6 Å². The lowest BCUT2D eigenvalue weighted by molar-refractivity contribution is 0.102. The second-order valence-corrected chi connectivity index (χ2v) is 5.46. The van der Waals surface area contributed by atoms with E-state index >= 15 is 0 Å². The third-order valence-electron chi connectivity index (χ3n) is 2.60. The summed E-state index contributed by atoms with van der Waals surface area (Å²) in [5.74, 6) is -0.582. The molecule has 4 nitrogen and oxygen atoms in total. The highest BCUT2D eigenvalue weighted by Gasteiger charge is 2.15. The maximum atomic E-state index is 13.7. The number of hydrogen-bond acceptors (Lipinski definition) is 3. The van der Waals surface area contributed by atoms with Crippen molar-refractivity contribution in [2.45, 2.75) is 6.92 Å². The zero-order valence-corrected chi connectivity index (χ0v) is 13.4. The summed E-state index contributed by atoms with van der Waals surface area (Å²) < 4.78 is 14.3. The molecule has 2 aromatic rings. The summed E-state index contributed by atoms with van der Waals surface area (Å²) in [6.45, 7) is 2.57. The number of nitrogens with one attached hydrogen (secondary N) is 2. The van der Waals surface area contributed by atoms with E-state index in [1.165, 1.54) is 12.1 Å². The fourth-order valence-electron chi connectivity index (χ4n) is 1.65. The summed E-state index contributed by atoms with van der Waals surface area (Å²) in [4.78, 5) is 16.3. The molecule has 110 valence electrons. The first-order valence-electron chi connectivity index (χ1n) is 6.18. The maximum absolute atomic E-state index is 13.7. The first-order chi connectivity index (χ1) is 10.0. The number of anilines is 2. The van der Waals surface area contributed by atoms with Crippen molar-refractivity contribution in [2.75, 3.05) is 17.2 Å². The summed E-state index contributed by atoms with van der Waals surface area (Å²) in [5, 5.41) is 5.64. The van der Waals surface area contributed by atoms with E-state index in [4.69, 9.17) is 11.6 Å². The summed E-state index contributed by atoms with van der Waals surface area (Å²) in [5.41, 5.74) is 0.104. The standard InChI is InChI=1S/C14H12BrClFN3O/c1-2-18-12-6-4-9(16)13(20-12)14(21)19-11-5-3-8(15)7-10(11)17/h3-7H,2H2,1H3,(H,18,20)(H,19,21). The number of nitrogens with zero attached hydrogens (tertiary/aromatic N) is 1. The van der Waals surface area contributed by atoms with Gasteiger partial charge in [0.05, 0.1) is 10.7 Å². The fourth-order valence-corrected chi connectivity index (χ4v) is 2.18. The van der Waals surface area contributed by atoms with E-state index in [1.54, 1.807) is 18.2 Å². The molecule has 21 heavy (non-hydrogen) atoms. The van der Waals surface area contributed by atoms with Gasteiger partial charge in [-0.2, -0.15) is 0 Å². The highest BCUT2D eigenvalue weighted by atomic mass is 79.9. The summed E-state index contributed by atoms with van der Waals surface area (Å²) in [7, 11) is 0. The van der Waals surface area contributed by atoms with E-state index in [2.05, 4.69) is 31.5 Å². The van der Waals surface area contributed by atoms with Crippen LogP contribution in [0.3, 0.4) is 0 Å². The van der Waals surface area contributed by atoms with E-state index in [-0.39, 0.29) is 16.4 Å². The zero-order chi connectivity index (χ0) is 15.4. The Balaban J connectivity index is 2.25. The molecule has 1 aromatic heterocycles. The molecule has 2 rings (SSSR count). The van der Waals surface area contributed by atoms with Crippen LogP contribution in [0.2, 0.25) is 5.02 Å². The lowest BCUT2D eigenvalue weighted by atomic mass is 10.2. The SMILES string of the molecule is CCNc1ccc(Cl)c(C(=O)Nc2ccc(Br)cc2F)n1. The fraction of sp³-hybridized carbons (Fsp3) is 0.143. The van der Waals surface area contributed by atoms with Gasteiger partial charge in [-0.15, -0.1) is 0 Å². The summed E-state index contributed by atoms with van der Waals surface area (Å²) in [6, 6.07) is 7.59. The van der Waals surface area contributed by atoms with Crippen LogP contribution < -0.4 is 10.6 Å². The minimum Gasteiger partial charge on any atom is -0.370 e. The second-order valence-electron chi connectivity index (χ2n) is 4.14. The van der Waals surface area contributed by atoms with Crippen molar-refractivity contribution in [3.8, 4) is 0 Å². The lowest BCUT2D eigenvalue weighted by Crippen LogP contribution is -2.16. The third kappa shape index (κ3) is 3.92. The van der Waals surface area contributed by atoms with Gasteiger partial charge >= 0.3 is 0 Å². The van der Waals surface area contributed by atoms with Crippen molar-refractivity contribution < 1.29 is 9.18 Å². The van der Waals surface area contributed by atoms with Gasteiger partial charge in [-0.1, -0.05) is 27.5 Å². The minimum atomic E-state index is -0.569. The van der Waals surface area contributed by atoms with E-state index in [9.17, 15) is 9.18 Å². The number of amides is 1. The number of benzene rings is 1. The van der Waals surface area contributed by atoms with Crippen LogP contribution in [-0.4, -0.2) is 17.4 Å². The third-order valence-corrected chi connectivity index (χ3v) is 3.40. The van der Waals surface area contributed by atoms with E-state index in [0.717, 1.165) is 0 Å². The average Bonchev–Trinajstić information content (AvgIpc) is 2.44. The highest BCUT2D eigenvalue weighted by Crippen LogP contribution is 2.22. The van der Waals surface area contributed by atoms with Crippen LogP contribution in [0.15, 0.2) is 34.8 Å². The number of pyridine rings is 1. The van der Waals surface area contributed by atoms with E-state index in [0.29, 0.717) is 16.8 Å². The summed E-state index contributed by atoms with van der Waals surface area (Å²) in [6.07, 6.45) is 0. The molecule has 0 spiro atoms. The van der Waals surface area contributed by atoms with Crippen molar-refractivity contribution in [3.63, 3.8) is 0 Å². The largest absolute Gasteiger partial charge is 0.370 e. The maximum Gasteiger partial charge on any atom is 0.275 e. The van der Waals surface area contributed by atoms with Gasteiger partial charge in [-0.05, 0) is 37.3 Å². The van der Waals surface area contributed by atoms with Crippen molar-refractivity contribution >= 4 is 44.9 Å². The minimum absolute atomic E-state index is 0.0393. The Hall–Kier alpha value is -1.66. The lowest BCUT2D eigenvalue weighted by Gasteiger charge is -2.09. The molecule has 0 aliphatic rings. The van der Waals surface area contributed by atoms with Crippen molar-refractivity contribution in [1.82, 2.24) is 4.98 Å². The first-order valence-corrected chi connectivity index (χ1v) is 7.35. The van der Waals surface area contributed by atoms with Gasteiger partial charge in [0.25, 0.3) is 5.91 Å². The molecular formula is C14H12BrClFN3O. The Labute approximate surface area is 134 Å². The Kier molecular flexibility index (Phi) is 5.14. The van der Waals surface area contributed by atoms with Crippen molar-refractivity contribution in [1.29, 1.82) is 0 Å². The van der Waals surface area contributed by atoms with E-state index in [1.807, 2.05) is 6.92 Å². The molecule has 0 atom stereocenters. The Morgan fingerprint density at radius 2 is 2.14 bits per heavy atom. The molecular weight excluding hydrogens is 361 g/mol. The number of carbonyl (C=O) groups is 1. The number of aromatic nitrogens is 1. The van der Waals surface area contributed by atoms with Crippen LogP contribution in [0, 0.1) is 5.82 Å². The van der Waals surface area contributed by atoms with Crippen LogP contribution in [0.4, 0.5) is 15.9 Å². The van der Waals surface area contributed by atoms with Crippen molar-refractivity contribution in [2.24, 2.45) is 0 Å². The van der Waals surface area contributed by atoms with Crippen LogP contribution in [0.1, 0.15) is 17.4 Å². The molecule has 7 heteroatoms. The van der Waals surface area contributed by atoms with Gasteiger partial charge in [0.15, 0.2) is 0 Å². The monoisotopic (exact) mass is 371 g/mol. The zero-order valence-electron chi connectivity index (χ0n) is 11.1. The first kappa shape index (κ1) is 15.7. The Morgan fingerprint density at radius 3 is 2.81 bits per heavy atom. The van der Waals surface area contributed by atoms with Crippen LogP contribution in [-0.2, 0) is 0 Å². The molecule has 0 bridgehead atoms. The predicted molar refractivity (Wildman–Crippen MR) is 85.5 cm³/mol. The van der Waals surface area contributed by atoms with Crippen LogP contribution in [0.5, 0.6) is 0 Å². The molecule has 0 unspecified atom stereocenters. The molecule has 0 radical (unpaired) electrons. The number of carbonyl (C=O) groups excluding carboxylic acids is 1. The molecule has 1 heterocycles. The quantitative estimate of drug-likeness (QED) is 0.840. The normalized spacial score (nSPS) is 10.3. The number of halogens is 3. The van der Waals surface area contributed by atoms with Crippen LogP contribution in [0.25, 0.3) is 0 Å². The van der Waals surface area contributed by atoms with Crippen LogP contribution >= 0.6 is 27.5 Å². The molecule has 0 aliphatic carbocycles. The molecule has 0 saturated heterocycles.